The van der Waals surface area contributed by atoms with Crippen LogP contribution in [0.4, 0.5) is 0 Å². The molecule has 5 nitrogen and oxygen atoms in total. The van der Waals surface area contributed by atoms with Gasteiger partial charge in [0, 0.05) is 35.7 Å². The minimum Gasteiger partial charge on any atom is -0.493 e. The lowest BCUT2D eigenvalue weighted by Crippen LogP contribution is -2.32. The molecule has 1 aliphatic rings. The Morgan fingerprint density at radius 3 is 2.59 bits per heavy atom. The van der Waals surface area contributed by atoms with Gasteiger partial charge in [0.2, 0.25) is 0 Å². The number of nitrogens with one attached hydrogen (secondary N) is 1. The Morgan fingerprint density at radius 1 is 1.14 bits per heavy atom. The SMILES string of the molecule is COc1cc(CN[C@@H](C)c2ccc(Cl)cc2Cl)ccc1OCC(=O)N1CCCC1. The zero-order valence-corrected chi connectivity index (χ0v) is 18.2. The van der Waals surface area contributed by atoms with Crippen LogP contribution in [0.2, 0.25) is 10.0 Å². The van der Waals surface area contributed by atoms with E-state index in [9.17, 15) is 4.79 Å². The van der Waals surface area contributed by atoms with Gasteiger partial charge in [0.05, 0.1) is 7.11 Å². The van der Waals surface area contributed by atoms with Crippen LogP contribution in [-0.2, 0) is 11.3 Å². The van der Waals surface area contributed by atoms with Crippen LogP contribution in [-0.4, -0.2) is 37.6 Å². The van der Waals surface area contributed by atoms with Crippen LogP contribution >= 0.6 is 23.2 Å². The molecule has 7 heteroatoms. The van der Waals surface area contributed by atoms with E-state index in [2.05, 4.69) is 5.32 Å². The summed E-state index contributed by atoms with van der Waals surface area (Å²) in [6.07, 6.45) is 2.13. The van der Waals surface area contributed by atoms with E-state index in [0.717, 1.165) is 37.1 Å². The number of benzene rings is 2. The Hall–Kier alpha value is -1.95. The molecule has 1 aliphatic heterocycles. The molecule has 0 aliphatic carbocycles. The highest BCUT2D eigenvalue weighted by molar-refractivity contribution is 6.35. The molecule has 1 N–H and O–H groups in total. The molecule has 2 aromatic carbocycles. The summed E-state index contributed by atoms with van der Waals surface area (Å²) in [6, 6.07) is 11.3. The molecule has 3 rings (SSSR count). The molecule has 0 saturated carbocycles. The number of nitrogens with zero attached hydrogens (tertiary/aromatic N) is 1. The highest BCUT2D eigenvalue weighted by Crippen LogP contribution is 2.29. The average Bonchev–Trinajstić information content (AvgIpc) is 3.25. The number of likely N-dealkylation sites (tertiary alicyclic amines) is 1. The van der Waals surface area contributed by atoms with E-state index in [1.165, 1.54) is 0 Å². The Bertz CT molecular complexity index is 854. The van der Waals surface area contributed by atoms with E-state index in [-0.39, 0.29) is 18.6 Å². The van der Waals surface area contributed by atoms with Crippen molar-refractivity contribution in [3.05, 3.63) is 57.6 Å². The van der Waals surface area contributed by atoms with Gasteiger partial charge in [-0.2, -0.15) is 0 Å². The van der Waals surface area contributed by atoms with E-state index in [0.29, 0.717) is 28.1 Å². The molecule has 156 valence electrons. The van der Waals surface area contributed by atoms with Crippen LogP contribution in [0.15, 0.2) is 36.4 Å². The highest BCUT2D eigenvalue weighted by Gasteiger charge is 2.19. The molecule has 0 aromatic heterocycles. The van der Waals surface area contributed by atoms with E-state index < -0.39 is 0 Å². The van der Waals surface area contributed by atoms with Gasteiger partial charge in [-0.3, -0.25) is 4.79 Å². The number of ether oxygens (including phenoxy) is 2. The van der Waals surface area contributed by atoms with Gasteiger partial charge < -0.3 is 19.7 Å². The number of rotatable bonds is 8. The summed E-state index contributed by atoms with van der Waals surface area (Å²) in [5, 5.41) is 4.71. The van der Waals surface area contributed by atoms with Gasteiger partial charge >= 0.3 is 0 Å². The van der Waals surface area contributed by atoms with Crippen molar-refractivity contribution in [1.82, 2.24) is 10.2 Å². The molecule has 0 bridgehead atoms. The van der Waals surface area contributed by atoms with Crippen LogP contribution in [0.1, 0.15) is 36.9 Å². The van der Waals surface area contributed by atoms with Gasteiger partial charge in [0.25, 0.3) is 5.91 Å². The molecule has 1 fully saturated rings. The normalized spacial score (nSPS) is 14.7. The summed E-state index contributed by atoms with van der Waals surface area (Å²) in [6.45, 7) is 4.34. The topological polar surface area (TPSA) is 50.8 Å². The largest absolute Gasteiger partial charge is 0.493 e. The first-order chi connectivity index (χ1) is 14.0. The zero-order valence-electron chi connectivity index (χ0n) is 16.7. The third-order valence-corrected chi connectivity index (χ3v) is 5.64. The average molecular weight is 437 g/mol. The smallest absolute Gasteiger partial charge is 0.260 e. The third-order valence-electron chi connectivity index (χ3n) is 5.08. The summed E-state index contributed by atoms with van der Waals surface area (Å²) in [5.74, 6) is 1.19. The van der Waals surface area contributed by atoms with Crippen molar-refractivity contribution >= 4 is 29.1 Å². The number of carbonyl (C=O) groups is 1. The Balaban J connectivity index is 1.58. The number of halogens is 2. The van der Waals surface area contributed by atoms with Crippen LogP contribution in [0, 0.1) is 0 Å². The summed E-state index contributed by atoms with van der Waals surface area (Å²) < 4.78 is 11.2. The van der Waals surface area contributed by atoms with Crippen molar-refractivity contribution in [1.29, 1.82) is 0 Å². The molecule has 1 amide bonds. The van der Waals surface area contributed by atoms with Crippen molar-refractivity contribution in [3.8, 4) is 11.5 Å². The number of hydrogen-bond donors (Lipinski definition) is 1. The van der Waals surface area contributed by atoms with Crippen molar-refractivity contribution in [3.63, 3.8) is 0 Å². The fraction of sp³-hybridized carbons (Fsp3) is 0.409. The standard InChI is InChI=1S/C22H26Cl2N2O3/c1-15(18-7-6-17(23)12-19(18)24)25-13-16-5-8-20(21(11-16)28-2)29-14-22(27)26-9-3-4-10-26/h5-8,11-12,15,25H,3-4,9-10,13-14H2,1-2H3/t15-/m0/s1. The minimum atomic E-state index is 0.0176. The van der Waals surface area contributed by atoms with Crippen molar-refractivity contribution in [2.24, 2.45) is 0 Å². The van der Waals surface area contributed by atoms with Crippen LogP contribution in [0.25, 0.3) is 0 Å². The van der Waals surface area contributed by atoms with Crippen LogP contribution < -0.4 is 14.8 Å². The quantitative estimate of drug-likeness (QED) is 0.641. The molecule has 0 radical (unpaired) electrons. The van der Waals surface area contributed by atoms with Crippen LogP contribution in [0.5, 0.6) is 11.5 Å². The molecule has 1 atom stereocenters. The zero-order chi connectivity index (χ0) is 20.8. The maximum Gasteiger partial charge on any atom is 0.260 e. The van der Waals surface area contributed by atoms with E-state index in [1.54, 1.807) is 13.2 Å². The van der Waals surface area contributed by atoms with Gasteiger partial charge in [-0.25, -0.2) is 0 Å². The highest BCUT2D eigenvalue weighted by atomic mass is 35.5. The lowest BCUT2D eigenvalue weighted by Gasteiger charge is -2.18. The van der Waals surface area contributed by atoms with E-state index in [4.69, 9.17) is 32.7 Å². The molecule has 1 heterocycles. The van der Waals surface area contributed by atoms with Gasteiger partial charge in [-0.05, 0) is 55.2 Å². The summed E-state index contributed by atoms with van der Waals surface area (Å²) in [4.78, 5) is 14.0. The van der Waals surface area contributed by atoms with Gasteiger partial charge in [-0.15, -0.1) is 0 Å². The van der Waals surface area contributed by atoms with E-state index >= 15 is 0 Å². The van der Waals surface area contributed by atoms with Gasteiger partial charge in [0.1, 0.15) is 0 Å². The molecular formula is C22H26Cl2N2O3. The number of hydrogen-bond acceptors (Lipinski definition) is 4. The summed E-state index contributed by atoms with van der Waals surface area (Å²) >= 11 is 12.3. The van der Waals surface area contributed by atoms with Gasteiger partial charge in [0.15, 0.2) is 18.1 Å². The predicted molar refractivity (Wildman–Crippen MR) is 116 cm³/mol. The number of carbonyl (C=O) groups excluding carboxylic acids is 1. The molecule has 1 saturated heterocycles. The molecular weight excluding hydrogens is 411 g/mol. The maximum absolute atomic E-state index is 12.2. The molecule has 2 aromatic rings. The molecule has 0 spiro atoms. The van der Waals surface area contributed by atoms with Crippen molar-refractivity contribution in [2.75, 3.05) is 26.8 Å². The number of amides is 1. The summed E-state index contributed by atoms with van der Waals surface area (Å²) in [5.41, 5.74) is 2.03. The third kappa shape index (κ3) is 5.78. The first-order valence-corrected chi connectivity index (χ1v) is 10.5. The fourth-order valence-electron chi connectivity index (χ4n) is 3.37. The number of methoxy groups -OCH3 is 1. The maximum atomic E-state index is 12.2. The van der Waals surface area contributed by atoms with Crippen molar-refractivity contribution < 1.29 is 14.3 Å². The second kappa shape index (κ2) is 10.2. The minimum absolute atomic E-state index is 0.0176. The molecule has 29 heavy (non-hydrogen) atoms. The second-order valence-electron chi connectivity index (χ2n) is 7.13. The van der Waals surface area contributed by atoms with Gasteiger partial charge in [-0.1, -0.05) is 35.3 Å². The van der Waals surface area contributed by atoms with Crippen molar-refractivity contribution in [2.45, 2.75) is 32.4 Å². The first-order valence-electron chi connectivity index (χ1n) is 9.73. The van der Waals surface area contributed by atoms with E-state index in [1.807, 2.05) is 42.2 Å². The Kier molecular flexibility index (Phi) is 7.64. The fourth-order valence-corrected chi connectivity index (χ4v) is 3.94. The summed E-state index contributed by atoms with van der Waals surface area (Å²) in [7, 11) is 1.60. The lowest BCUT2D eigenvalue weighted by molar-refractivity contribution is -0.132. The molecule has 0 unspecified atom stereocenters. The Morgan fingerprint density at radius 2 is 1.90 bits per heavy atom. The monoisotopic (exact) mass is 436 g/mol. The Labute approximate surface area is 181 Å². The second-order valence-corrected chi connectivity index (χ2v) is 7.97. The first kappa shape index (κ1) is 21.8. The lowest BCUT2D eigenvalue weighted by atomic mass is 10.1. The predicted octanol–water partition coefficient (Wildman–Crippen LogP) is 4.85. The van der Waals surface area contributed by atoms with Crippen LogP contribution in [0.3, 0.4) is 0 Å².